The monoisotopic (exact) mass is 198 g/mol. The fourth-order valence-electron chi connectivity index (χ4n) is 1.05. The van der Waals surface area contributed by atoms with Gasteiger partial charge in [0, 0.05) is 6.42 Å². The Labute approximate surface area is 84.0 Å². The minimum atomic E-state index is -2.62. The number of alkyl halides is 2. The molecule has 1 aliphatic carbocycles. The highest BCUT2D eigenvalue weighted by Gasteiger charge is 2.19. The van der Waals surface area contributed by atoms with Crippen LogP contribution in [0.1, 0.15) is 26.2 Å². The van der Waals surface area contributed by atoms with Crippen molar-refractivity contribution in [3.63, 3.8) is 0 Å². The van der Waals surface area contributed by atoms with E-state index in [-0.39, 0.29) is 6.42 Å². The molecule has 0 aromatic heterocycles. The summed E-state index contributed by atoms with van der Waals surface area (Å²) in [6.07, 6.45) is 9.34. The van der Waals surface area contributed by atoms with Crippen molar-refractivity contribution in [2.75, 3.05) is 0 Å². The first-order valence-corrected chi connectivity index (χ1v) is 4.90. The third-order valence-corrected chi connectivity index (χ3v) is 2.11. The second-order valence-electron chi connectivity index (χ2n) is 3.88. The predicted molar refractivity (Wildman–Crippen MR) is 55.4 cm³/mol. The van der Waals surface area contributed by atoms with E-state index in [2.05, 4.69) is 12.7 Å². The molecule has 0 aromatic rings. The van der Waals surface area contributed by atoms with Crippen LogP contribution in [0.25, 0.3) is 0 Å². The van der Waals surface area contributed by atoms with Crippen LogP contribution in [-0.4, -0.2) is 5.92 Å². The van der Waals surface area contributed by atoms with Crippen molar-refractivity contribution in [3.8, 4) is 0 Å². The van der Waals surface area contributed by atoms with Gasteiger partial charge in [-0.2, -0.15) is 0 Å². The van der Waals surface area contributed by atoms with Gasteiger partial charge >= 0.3 is 0 Å². The van der Waals surface area contributed by atoms with E-state index in [1.54, 1.807) is 6.08 Å². The molecule has 0 atom stereocenters. The lowest BCUT2D eigenvalue weighted by atomic mass is 10.1. The maximum absolute atomic E-state index is 12.5. The van der Waals surface area contributed by atoms with Crippen molar-refractivity contribution >= 4 is 0 Å². The van der Waals surface area contributed by atoms with E-state index in [9.17, 15) is 8.78 Å². The van der Waals surface area contributed by atoms with Crippen molar-refractivity contribution in [1.82, 2.24) is 0 Å². The molecule has 78 valence electrons. The van der Waals surface area contributed by atoms with Crippen LogP contribution in [0, 0.1) is 5.92 Å². The van der Waals surface area contributed by atoms with E-state index in [0.29, 0.717) is 5.92 Å². The molecule has 1 rings (SSSR count). The number of rotatable bonds is 5. The van der Waals surface area contributed by atoms with E-state index < -0.39 is 5.92 Å². The third-order valence-electron chi connectivity index (χ3n) is 2.11. The number of allylic oxidation sites excluding steroid dienone is 5. The molecule has 1 aliphatic rings. The van der Waals surface area contributed by atoms with Crippen molar-refractivity contribution in [3.05, 3.63) is 36.5 Å². The van der Waals surface area contributed by atoms with Gasteiger partial charge in [0.25, 0.3) is 0 Å². The molecule has 14 heavy (non-hydrogen) atoms. The molecule has 2 heteroatoms. The van der Waals surface area contributed by atoms with Crippen LogP contribution in [0.4, 0.5) is 8.78 Å². The number of halogens is 2. The van der Waals surface area contributed by atoms with E-state index in [4.69, 9.17) is 0 Å². The molecule has 0 aromatic carbocycles. The molecule has 0 nitrogen and oxygen atoms in total. The van der Waals surface area contributed by atoms with Crippen molar-refractivity contribution in [2.45, 2.75) is 32.1 Å². The van der Waals surface area contributed by atoms with Crippen LogP contribution < -0.4 is 0 Å². The predicted octanol–water partition coefficient (Wildman–Crippen LogP) is 4.11. The maximum Gasteiger partial charge on any atom is 0.248 e. The van der Waals surface area contributed by atoms with Gasteiger partial charge in [-0.25, -0.2) is 8.78 Å². The first kappa shape index (κ1) is 11.2. The van der Waals surface area contributed by atoms with Crippen molar-refractivity contribution < 1.29 is 8.78 Å². The normalized spacial score (nSPS) is 18.9. The summed E-state index contributed by atoms with van der Waals surface area (Å²) in [6, 6.07) is 0. The molecule has 0 aliphatic heterocycles. The molecule has 0 radical (unpaired) electrons. The van der Waals surface area contributed by atoms with Gasteiger partial charge in [-0.05, 0) is 31.3 Å². The third kappa shape index (κ3) is 4.95. The lowest BCUT2D eigenvalue weighted by molar-refractivity contribution is 0.0254. The van der Waals surface area contributed by atoms with Crippen LogP contribution in [0.15, 0.2) is 36.5 Å². The van der Waals surface area contributed by atoms with Gasteiger partial charge in [-0.1, -0.05) is 30.9 Å². The van der Waals surface area contributed by atoms with E-state index in [0.717, 1.165) is 12.5 Å². The molecule has 0 saturated heterocycles. The average Bonchev–Trinajstić information content (AvgIpc) is 2.86. The summed E-state index contributed by atoms with van der Waals surface area (Å²) in [5, 5.41) is 0. The zero-order chi connectivity index (χ0) is 10.6. The Morgan fingerprint density at radius 2 is 2.14 bits per heavy atom. The molecule has 0 bridgehead atoms. The van der Waals surface area contributed by atoms with Crippen LogP contribution in [0.3, 0.4) is 0 Å². The molecule has 1 saturated carbocycles. The quantitative estimate of drug-likeness (QED) is 0.583. The minimum Gasteiger partial charge on any atom is -0.207 e. The van der Waals surface area contributed by atoms with Gasteiger partial charge in [0.15, 0.2) is 0 Å². The van der Waals surface area contributed by atoms with Gasteiger partial charge in [0.05, 0.1) is 0 Å². The topological polar surface area (TPSA) is 0 Å². The average molecular weight is 198 g/mol. The maximum atomic E-state index is 12.5. The summed E-state index contributed by atoms with van der Waals surface area (Å²) in [5.41, 5.74) is 0.790. The molecule has 0 amide bonds. The first-order valence-electron chi connectivity index (χ1n) is 4.90. The Balaban J connectivity index is 2.47. The summed E-state index contributed by atoms with van der Waals surface area (Å²) >= 11 is 0. The zero-order valence-electron chi connectivity index (χ0n) is 8.47. The highest BCUT2D eigenvalue weighted by Crippen LogP contribution is 2.30. The van der Waals surface area contributed by atoms with Crippen LogP contribution in [0.5, 0.6) is 0 Å². The second-order valence-corrected chi connectivity index (χ2v) is 3.88. The molecule has 0 unspecified atom stereocenters. The van der Waals surface area contributed by atoms with E-state index in [1.807, 2.05) is 6.08 Å². The summed E-state index contributed by atoms with van der Waals surface area (Å²) < 4.78 is 25.1. The Bertz CT molecular complexity index is 252. The molecular formula is C12H16F2. The Hall–Kier alpha value is -0.920. The molecular weight excluding hydrogens is 182 g/mol. The largest absolute Gasteiger partial charge is 0.248 e. The van der Waals surface area contributed by atoms with Gasteiger partial charge in [0.2, 0.25) is 5.92 Å². The molecule has 0 heterocycles. The highest BCUT2D eigenvalue weighted by molar-refractivity contribution is 5.30. The van der Waals surface area contributed by atoms with Gasteiger partial charge < -0.3 is 0 Å². The fraction of sp³-hybridized carbons (Fsp3) is 0.500. The summed E-state index contributed by atoms with van der Waals surface area (Å²) in [6.45, 7) is 4.52. The van der Waals surface area contributed by atoms with Crippen LogP contribution >= 0.6 is 0 Å². The summed E-state index contributed by atoms with van der Waals surface area (Å²) in [7, 11) is 0. The molecule has 0 spiro atoms. The van der Waals surface area contributed by atoms with Crippen molar-refractivity contribution in [1.29, 1.82) is 0 Å². The molecule has 1 fully saturated rings. The Kier molecular flexibility index (Phi) is 3.62. The summed E-state index contributed by atoms with van der Waals surface area (Å²) in [5.74, 6) is -1.96. The van der Waals surface area contributed by atoms with Gasteiger partial charge in [-0.15, -0.1) is 0 Å². The standard InChI is InChI=1S/C12H16F2/c1-3-10(4-5-11-6-7-11)8-9-12(2,13)14/h3-5,8,11H,1,6-7,9H2,2H3/b5-4+,10-8-. The fourth-order valence-corrected chi connectivity index (χ4v) is 1.05. The zero-order valence-corrected chi connectivity index (χ0v) is 8.47. The summed E-state index contributed by atoms with van der Waals surface area (Å²) in [4.78, 5) is 0. The number of hydrogen-bond donors (Lipinski definition) is 0. The molecule has 0 N–H and O–H groups in total. The van der Waals surface area contributed by atoms with E-state index >= 15 is 0 Å². The van der Waals surface area contributed by atoms with Gasteiger partial charge in [0.1, 0.15) is 0 Å². The van der Waals surface area contributed by atoms with E-state index in [1.165, 1.54) is 18.9 Å². The lowest BCUT2D eigenvalue weighted by Gasteiger charge is -2.05. The Morgan fingerprint density at radius 3 is 2.57 bits per heavy atom. The first-order chi connectivity index (χ1) is 6.51. The Morgan fingerprint density at radius 1 is 1.50 bits per heavy atom. The van der Waals surface area contributed by atoms with Crippen molar-refractivity contribution in [2.24, 2.45) is 5.92 Å². The van der Waals surface area contributed by atoms with Crippen LogP contribution in [0.2, 0.25) is 0 Å². The van der Waals surface area contributed by atoms with Crippen LogP contribution in [-0.2, 0) is 0 Å². The smallest absolute Gasteiger partial charge is 0.207 e. The lowest BCUT2D eigenvalue weighted by Crippen LogP contribution is -2.06. The highest BCUT2D eigenvalue weighted by atomic mass is 19.3. The van der Waals surface area contributed by atoms with Gasteiger partial charge in [-0.3, -0.25) is 0 Å². The SMILES string of the molecule is C=CC(=C/CC(C)(F)F)/C=C/C1CC1. The second kappa shape index (κ2) is 4.54. The number of hydrogen-bond acceptors (Lipinski definition) is 0. The minimum absolute atomic E-state index is 0.219.